The van der Waals surface area contributed by atoms with Gasteiger partial charge in [0.1, 0.15) is 73.2 Å². The maximum absolute atomic E-state index is 13.3. The molecule has 17 unspecified atom stereocenters. The fourth-order valence-electron chi connectivity index (χ4n) is 9.87. The molecule has 19 nitrogen and oxygen atoms in total. The molecule has 17 atom stereocenters. The molecule has 0 bridgehead atoms. The zero-order valence-electron chi connectivity index (χ0n) is 47.1. The highest BCUT2D eigenvalue weighted by Crippen LogP contribution is 2.33. The van der Waals surface area contributed by atoms with Gasteiger partial charge in [-0.1, -0.05) is 172 Å². The molecule has 0 radical (unpaired) electrons. The normalized spacial score (nSPS) is 30.8. The lowest BCUT2D eigenvalue weighted by Gasteiger charge is -2.48. The molecular weight excluding hydrogens is 1010 g/mol. The second-order valence-electron chi connectivity index (χ2n) is 21.4. The van der Waals surface area contributed by atoms with Crippen molar-refractivity contribution in [3.63, 3.8) is 0 Å². The summed E-state index contributed by atoms with van der Waals surface area (Å²) in [5, 5.41) is 120. The van der Waals surface area contributed by atoms with E-state index in [0.29, 0.717) is 12.8 Å². The number of allylic oxidation sites excluding steroid dienone is 7. The molecule has 3 aliphatic rings. The third-order valence-corrected chi connectivity index (χ3v) is 14.8. The Morgan fingerprint density at radius 2 is 0.872 bits per heavy atom. The van der Waals surface area contributed by atoms with E-state index in [1.807, 2.05) is 6.08 Å². The fourth-order valence-corrected chi connectivity index (χ4v) is 9.87. The first-order chi connectivity index (χ1) is 37.8. The second kappa shape index (κ2) is 42.6. The van der Waals surface area contributed by atoms with Crippen molar-refractivity contribution in [2.75, 3.05) is 26.4 Å². The first-order valence-corrected chi connectivity index (χ1v) is 29.9. The SMILES string of the molecule is CCCC/C=C\C/C=C\CCCCCCCC(=O)NC(COC1OC(CO)C(OC2OC(CO)C(OC3OC(CO)C(O)C(O)C3O)C(O)C2O)C(O)C1O)C(O)/C=C/CC/C=C/CCCCCCCCCCCCCCC. The Kier molecular flexibility index (Phi) is 38.2. The average molecular weight is 1120 g/mol. The molecule has 454 valence electrons. The molecule has 0 aromatic rings. The highest BCUT2D eigenvalue weighted by Gasteiger charge is 2.53. The van der Waals surface area contributed by atoms with E-state index in [9.17, 15) is 61.0 Å². The average Bonchev–Trinajstić information content (AvgIpc) is 3.47. The van der Waals surface area contributed by atoms with Gasteiger partial charge < -0.3 is 89.9 Å². The van der Waals surface area contributed by atoms with Crippen LogP contribution < -0.4 is 5.32 Å². The predicted molar refractivity (Wildman–Crippen MR) is 295 cm³/mol. The van der Waals surface area contributed by atoms with Crippen molar-refractivity contribution in [2.24, 2.45) is 0 Å². The van der Waals surface area contributed by atoms with Gasteiger partial charge in [-0.05, 0) is 57.8 Å². The topological polar surface area (TPSA) is 307 Å². The number of unbranched alkanes of at least 4 members (excludes halogenated alkanes) is 21. The standard InChI is InChI=1S/C59H105NO18/c1-3-5-7-9-11-13-15-17-19-20-21-22-23-24-26-28-30-32-34-36-43(64)42(60-47(65)37-35-33-31-29-27-25-18-16-14-12-10-8-6-4-2)41-73-57-53(71)50(68)55(45(39-62)75-57)78-59-54(72)51(69)56(46(40-63)76-59)77-58-52(70)49(67)48(66)44(38-61)74-58/h10,12,16,18,26,28,34,36,42-46,48-59,61-64,66-72H,3-9,11,13-15,17,19-25,27,29-33,35,37-41H2,1-2H3,(H,60,65)/b12-10-,18-16-,28-26+,36-34+. The zero-order chi connectivity index (χ0) is 56.9. The Bertz CT molecular complexity index is 1620. The lowest BCUT2D eigenvalue weighted by atomic mass is 9.96. The first-order valence-electron chi connectivity index (χ1n) is 29.9. The molecule has 12 N–H and O–H groups in total. The van der Waals surface area contributed by atoms with Gasteiger partial charge in [0, 0.05) is 6.42 Å². The van der Waals surface area contributed by atoms with E-state index in [1.165, 1.54) is 89.9 Å². The highest BCUT2D eigenvalue weighted by atomic mass is 16.8. The van der Waals surface area contributed by atoms with Crippen molar-refractivity contribution in [1.29, 1.82) is 0 Å². The summed E-state index contributed by atoms with van der Waals surface area (Å²) in [5.41, 5.74) is 0. The third-order valence-electron chi connectivity index (χ3n) is 14.8. The van der Waals surface area contributed by atoms with Gasteiger partial charge in [0.2, 0.25) is 5.91 Å². The van der Waals surface area contributed by atoms with Crippen LogP contribution in [-0.2, 0) is 33.2 Å². The van der Waals surface area contributed by atoms with Gasteiger partial charge >= 0.3 is 0 Å². The molecule has 0 saturated carbocycles. The maximum Gasteiger partial charge on any atom is 0.220 e. The number of ether oxygens (including phenoxy) is 6. The number of carbonyl (C=O) groups excluding carboxylic acids is 1. The van der Waals surface area contributed by atoms with Crippen LogP contribution in [0.3, 0.4) is 0 Å². The van der Waals surface area contributed by atoms with Crippen LogP contribution in [0.25, 0.3) is 0 Å². The molecule has 1 amide bonds. The number of hydrogen-bond acceptors (Lipinski definition) is 18. The van der Waals surface area contributed by atoms with Gasteiger partial charge in [0.25, 0.3) is 0 Å². The van der Waals surface area contributed by atoms with E-state index < -0.39 is 124 Å². The summed E-state index contributed by atoms with van der Waals surface area (Å²) in [6, 6.07) is -0.997. The summed E-state index contributed by atoms with van der Waals surface area (Å²) in [4.78, 5) is 13.3. The number of aliphatic hydroxyl groups is 11. The van der Waals surface area contributed by atoms with Crippen molar-refractivity contribution >= 4 is 5.91 Å². The molecule has 19 heteroatoms. The molecule has 0 aliphatic carbocycles. The summed E-state index contributed by atoms with van der Waals surface area (Å²) in [5.74, 6) is -0.302. The molecule has 0 aromatic carbocycles. The van der Waals surface area contributed by atoms with Crippen LogP contribution in [0.2, 0.25) is 0 Å². The minimum atomic E-state index is -1.98. The van der Waals surface area contributed by atoms with Crippen LogP contribution in [0.5, 0.6) is 0 Å². The largest absolute Gasteiger partial charge is 0.394 e. The Balaban J connectivity index is 1.53. The van der Waals surface area contributed by atoms with E-state index in [-0.39, 0.29) is 18.9 Å². The molecule has 3 heterocycles. The van der Waals surface area contributed by atoms with Gasteiger partial charge in [-0.25, -0.2) is 0 Å². The van der Waals surface area contributed by atoms with Crippen LogP contribution in [0.15, 0.2) is 48.6 Å². The van der Waals surface area contributed by atoms with E-state index in [4.69, 9.17) is 28.4 Å². The second-order valence-corrected chi connectivity index (χ2v) is 21.4. The van der Waals surface area contributed by atoms with Crippen molar-refractivity contribution in [3.05, 3.63) is 48.6 Å². The highest BCUT2D eigenvalue weighted by molar-refractivity contribution is 5.76. The quantitative estimate of drug-likeness (QED) is 0.0279. The third kappa shape index (κ3) is 26.3. The molecule has 3 fully saturated rings. The van der Waals surface area contributed by atoms with E-state index in [0.717, 1.165) is 64.2 Å². The predicted octanol–water partition coefficient (Wildman–Crippen LogP) is 5.09. The number of rotatable bonds is 43. The first kappa shape index (κ1) is 70.0. The van der Waals surface area contributed by atoms with E-state index in [2.05, 4.69) is 55.6 Å². The Labute approximate surface area is 465 Å². The number of carbonyl (C=O) groups is 1. The molecule has 3 rings (SSSR count). The van der Waals surface area contributed by atoms with Gasteiger partial charge in [0.05, 0.1) is 38.6 Å². The van der Waals surface area contributed by atoms with E-state index in [1.54, 1.807) is 6.08 Å². The van der Waals surface area contributed by atoms with Crippen LogP contribution in [0.1, 0.15) is 187 Å². The van der Waals surface area contributed by atoms with Gasteiger partial charge in [-0.3, -0.25) is 4.79 Å². The van der Waals surface area contributed by atoms with Crippen molar-refractivity contribution in [2.45, 2.75) is 291 Å². The Morgan fingerprint density at radius 1 is 0.462 bits per heavy atom. The molecule has 3 saturated heterocycles. The zero-order valence-corrected chi connectivity index (χ0v) is 47.1. The summed E-state index contributed by atoms with van der Waals surface area (Å²) in [6.07, 6.45) is 19.5. The molecule has 78 heavy (non-hydrogen) atoms. The van der Waals surface area contributed by atoms with Crippen LogP contribution in [0.4, 0.5) is 0 Å². The minimum Gasteiger partial charge on any atom is -0.394 e. The Hall–Kier alpha value is -2.25. The van der Waals surface area contributed by atoms with Crippen LogP contribution >= 0.6 is 0 Å². The lowest BCUT2D eigenvalue weighted by Crippen LogP contribution is -2.66. The lowest BCUT2D eigenvalue weighted by molar-refractivity contribution is -0.379. The van der Waals surface area contributed by atoms with Crippen molar-refractivity contribution in [3.8, 4) is 0 Å². The van der Waals surface area contributed by atoms with Gasteiger partial charge in [-0.15, -0.1) is 0 Å². The number of aliphatic hydroxyl groups excluding tert-OH is 11. The van der Waals surface area contributed by atoms with Gasteiger partial charge in [-0.2, -0.15) is 0 Å². The number of nitrogens with one attached hydrogen (secondary N) is 1. The van der Waals surface area contributed by atoms with E-state index >= 15 is 0 Å². The minimum absolute atomic E-state index is 0.218. The monoisotopic (exact) mass is 1120 g/mol. The van der Waals surface area contributed by atoms with Crippen molar-refractivity contribution in [1.82, 2.24) is 5.32 Å². The maximum atomic E-state index is 13.3. The summed E-state index contributed by atoms with van der Waals surface area (Å²) in [7, 11) is 0. The molecule has 0 spiro atoms. The smallest absolute Gasteiger partial charge is 0.220 e. The molecule has 3 aliphatic heterocycles. The summed E-state index contributed by atoms with van der Waals surface area (Å²) >= 11 is 0. The molecule has 0 aromatic heterocycles. The summed E-state index contributed by atoms with van der Waals surface area (Å²) in [6.45, 7) is 1.64. The van der Waals surface area contributed by atoms with Crippen molar-refractivity contribution < 1.29 is 89.4 Å². The number of hydrogen-bond donors (Lipinski definition) is 12. The summed E-state index contributed by atoms with van der Waals surface area (Å²) < 4.78 is 34.2. The number of amides is 1. The van der Waals surface area contributed by atoms with Crippen LogP contribution in [-0.4, -0.2) is 193 Å². The molecular formula is C59H105NO18. The van der Waals surface area contributed by atoms with Crippen LogP contribution in [0, 0.1) is 0 Å². The Morgan fingerprint density at radius 3 is 1.40 bits per heavy atom. The fraction of sp³-hybridized carbons (Fsp3) is 0.847. The van der Waals surface area contributed by atoms with Gasteiger partial charge in [0.15, 0.2) is 18.9 Å².